The molecule has 3 N–H and O–H groups in total. The van der Waals surface area contributed by atoms with E-state index in [1.165, 1.54) is 23.1 Å². The Kier molecular flexibility index (Phi) is 9.33. The molecule has 7 nitrogen and oxygen atoms in total. The average molecular weight is 649 g/mol. The Balaban J connectivity index is 1.27. The Hall–Kier alpha value is -3.73. The van der Waals surface area contributed by atoms with Gasteiger partial charge in [-0.2, -0.15) is 0 Å². The highest BCUT2D eigenvalue weighted by Crippen LogP contribution is 2.37. The molecule has 41 heavy (non-hydrogen) atoms. The molecule has 0 saturated carbocycles. The molecule has 0 saturated heterocycles. The summed E-state index contributed by atoms with van der Waals surface area (Å²) in [6, 6.07) is 24.6. The third kappa shape index (κ3) is 7.32. The number of carboxylic acids is 1. The minimum atomic E-state index is -0.964. The van der Waals surface area contributed by atoms with Crippen LogP contribution in [0, 0.1) is 11.8 Å². The Labute approximate surface area is 254 Å². The van der Waals surface area contributed by atoms with Crippen LogP contribution in [-0.2, 0) is 14.4 Å². The fourth-order valence-corrected chi connectivity index (χ4v) is 6.53. The van der Waals surface area contributed by atoms with Crippen molar-refractivity contribution < 1.29 is 19.5 Å². The molecule has 0 aliphatic heterocycles. The quantitative estimate of drug-likeness (QED) is 0.127. The molecule has 208 valence electrons. The number of carbonyl (C=O) groups is 3. The number of aromatic nitrogens is 1. The number of nitrogens with one attached hydrogen (secondary N) is 2. The van der Waals surface area contributed by atoms with Crippen LogP contribution < -0.4 is 10.6 Å². The van der Waals surface area contributed by atoms with Crippen LogP contribution in [-0.4, -0.2) is 27.9 Å². The lowest BCUT2D eigenvalue weighted by atomic mass is 9.82. The van der Waals surface area contributed by atoms with Crippen LogP contribution in [0.1, 0.15) is 23.7 Å². The van der Waals surface area contributed by atoms with Crippen LogP contribution in [0.3, 0.4) is 0 Å². The predicted molar refractivity (Wildman–Crippen MR) is 167 cm³/mol. The fraction of sp³-hybridized carbons (Fsp3) is 0.161. The van der Waals surface area contributed by atoms with Crippen molar-refractivity contribution in [3.05, 3.63) is 106 Å². The van der Waals surface area contributed by atoms with Crippen LogP contribution in [0.15, 0.2) is 106 Å². The van der Waals surface area contributed by atoms with Crippen molar-refractivity contribution in [3.8, 4) is 11.3 Å². The molecule has 3 atom stereocenters. The van der Waals surface area contributed by atoms with Gasteiger partial charge in [0.2, 0.25) is 11.8 Å². The maximum atomic E-state index is 13.5. The average Bonchev–Trinajstić information content (AvgIpc) is 3.45. The summed E-state index contributed by atoms with van der Waals surface area (Å²) in [6.07, 6.45) is 4.40. The summed E-state index contributed by atoms with van der Waals surface area (Å²) < 4.78 is 0.983. The lowest BCUT2D eigenvalue weighted by Crippen LogP contribution is -2.34. The molecule has 1 aromatic heterocycles. The normalized spacial score (nSPS) is 17.0. The van der Waals surface area contributed by atoms with E-state index in [1.807, 2.05) is 84.3 Å². The van der Waals surface area contributed by atoms with Gasteiger partial charge in [-0.1, -0.05) is 70.5 Å². The second-order valence-electron chi connectivity index (χ2n) is 9.45. The molecule has 0 fully saturated rings. The zero-order valence-corrected chi connectivity index (χ0v) is 24.9. The number of allylic oxidation sites excluding steroid dienone is 2. The standard InChI is InChI=1S/C31H26BrN3O4S2/c32-21-12-10-19(11-13-21)26-18-40-31(34-26)35-29(37)27(20-6-2-1-3-7-20)41-23-16-14-22(15-17-23)33-28(36)24-8-4-5-9-25(24)30(38)39/h1-7,10-18,24-25,27H,8-9H2,(H,33,36)(H,38,39)(H,34,35,37). The summed E-state index contributed by atoms with van der Waals surface area (Å²) in [6.45, 7) is 0. The van der Waals surface area contributed by atoms with Crippen molar-refractivity contribution in [2.75, 3.05) is 10.6 Å². The van der Waals surface area contributed by atoms with Gasteiger partial charge in [0.15, 0.2) is 5.13 Å². The summed E-state index contributed by atoms with van der Waals surface area (Å²) in [4.78, 5) is 43.4. The molecular formula is C31H26BrN3O4S2. The fourth-order valence-electron chi connectivity index (χ4n) is 4.52. The number of nitrogens with zero attached hydrogens (tertiary/aromatic N) is 1. The number of aliphatic carboxylic acids is 1. The Bertz CT molecular complexity index is 1560. The van der Waals surface area contributed by atoms with Gasteiger partial charge in [-0.15, -0.1) is 23.1 Å². The molecular weight excluding hydrogens is 622 g/mol. The van der Waals surface area contributed by atoms with Gasteiger partial charge in [0.05, 0.1) is 17.5 Å². The van der Waals surface area contributed by atoms with Gasteiger partial charge >= 0.3 is 5.97 Å². The van der Waals surface area contributed by atoms with E-state index in [0.29, 0.717) is 23.7 Å². The molecule has 1 aliphatic carbocycles. The van der Waals surface area contributed by atoms with Gasteiger partial charge < -0.3 is 15.7 Å². The van der Waals surface area contributed by atoms with Crippen LogP contribution >= 0.6 is 39.0 Å². The second-order valence-corrected chi connectivity index (χ2v) is 12.4. The van der Waals surface area contributed by atoms with Crippen molar-refractivity contribution in [2.24, 2.45) is 11.8 Å². The van der Waals surface area contributed by atoms with E-state index in [0.717, 1.165) is 26.2 Å². The molecule has 0 bridgehead atoms. The highest BCUT2D eigenvalue weighted by molar-refractivity contribution is 9.10. The molecule has 1 heterocycles. The van der Waals surface area contributed by atoms with Crippen molar-refractivity contribution >= 4 is 67.6 Å². The molecule has 4 aromatic rings. The first-order valence-corrected chi connectivity index (χ1v) is 15.5. The molecule has 0 spiro atoms. The summed E-state index contributed by atoms with van der Waals surface area (Å²) in [7, 11) is 0. The van der Waals surface area contributed by atoms with E-state index < -0.39 is 23.1 Å². The summed E-state index contributed by atoms with van der Waals surface area (Å²) in [5.41, 5.74) is 3.17. The van der Waals surface area contributed by atoms with Crippen molar-refractivity contribution in [3.63, 3.8) is 0 Å². The maximum Gasteiger partial charge on any atom is 0.307 e. The number of thiazole rings is 1. The summed E-state index contributed by atoms with van der Waals surface area (Å²) >= 11 is 6.21. The van der Waals surface area contributed by atoms with E-state index >= 15 is 0 Å². The number of thioether (sulfide) groups is 1. The number of carbonyl (C=O) groups excluding carboxylic acids is 2. The molecule has 3 unspecified atom stereocenters. The Morgan fingerprint density at radius 3 is 2.27 bits per heavy atom. The van der Waals surface area contributed by atoms with Gasteiger partial charge in [0.25, 0.3) is 0 Å². The molecule has 0 radical (unpaired) electrons. The monoisotopic (exact) mass is 647 g/mol. The number of anilines is 2. The molecule has 2 amide bonds. The third-order valence-electron chi connectivity index (χ3n) is 6.68. The number of halogens is 1. The zero-order chi connectivity index (χ0) is 28.8. The minimum absolute atomic E-state index is 0.194. The van der Waals surface area contributed by atoms with E-state index in [-0.39, 0.29) is 11.8 Å². The highest BCUT2D eigenvalue weighted by atomic mass is 79.9. The molecule has 5 rings (SSSR count). The van der Waals surface area contributed by atoms with Crippen molar-refractivity contribution in [2.45, 2.75) is 23.0 Å². The van der Waals surface area contributed by atoms with Crippen molar-refractivity contribution in [1.82, 2.24) is 4.98 Å². The van der Waals surface area contributed by atoms with E-state index in [9.17, 15) is 19.5 Å². The highest BCUT2D eigenvalue weighted by Gasteiger charge is 2.34. The van der Waals surface area contributed by atoms with Crippen LogP contribution in [0.2, 0.25) is 0 Å². The first-order valence-electron chi connectivity index (χ1n) is 12.9. The topological polar surface area (TPSA) is 108 Å². The first-order chi connectivity index (χ1) is 19.9. The SMILES string of the molecule is O=C(Nc1nc(-c2ccc(Br)cc2)cs1)C(Sc1ccc(NC(=O)C2CC=CCC2C(=O)O)cc1)c1ccccc1. The summed E-state index contributed by atoms with van der Waals surface area (Å²) in [5.74, 6) is -2.82. The smallest absolute Gasteiger partial charge is 0.307 e. The Morgan fingerprint density at radius 2 is 1.59 bits per heavy atom. The van der Waals surface area contributed by atoms with E-state index in [1.54, 1.807) is 12.1 Å². The molecule has 1 aliphatic rings. The molecule has 3 aromatic carbocycles. The number of hydrogen-bond acceptors (Lipinski definition) is 6. The maximum absolute atomic E-state index is 13.5. The minimum Gasteiger partial charge on any atom is -0.481 e. The second kappa shape index (κ2) is 13.3. The Morgan fingerprint density at radius 1 is 0.902 bits per heavy atom. The van der Waals surface area contributed by atoms with Gasteiger partial charge in [-0.25, -0.2) is 4.98 Å². The molecule has 10 heteroatoms. The number of rotatable bonds is 9. The van der Waals surface area contributed by atoms with Gasteiger partial charge in [-0.3, -0.25) is 14.4 Å². The van der Waals surface area contributed by atoms with E-state index in [2.05, 4.69) is 31.5 Å². The van der Waals surface area contributed by atoms with Crippen LogP contribution in [0.4, 0.5) is 10.8 Å². The summed E-state index contributed by atoms with van der Waals surface area (Å²) in [5, 5.41) is 17.2. The number of hydrogen-bond donors (Lipinski definition) is 3. The van der Waals surface area contributed by atoms with Crippen LogP contribution in [0.5, 0.6) is 0 Å². The van der Waals surface area contributed by atoms with Gasteiger partial charge in [-0.05, 0) is 54.8 Å². The van der Waals surface area contributed by atoms with Gasteiger partial charge in [0, 0.05) is 26.0 Å². The first kappa shape index (κ1) is 28.8. The number of amides is 2. The van der Waals surface area contributed by atoms with Crippen LogP contribution in [0.25, 0.3) is 11.3 Å². The predicted octanol–water partition coefficient (Wildman–Crippen LogP) is 7.65. The lowest BCUT2D eigenvalue weighted by molar-refractivity contribution is -0.146. The van der Waals surface area contributed by atoms with Gasteiger partial charge in [0.1, 0.15) is 5.25 Å². The lowest BCUT2D eigenvalue weighted by Gasteiger charge is -2.24. The van der Waals surface area contributed by atoms with E-state index in [4.69, 9.17) is 0 Å². The zero-order valence-electron chi connectivity index (χ0n) is 21.7. The largest absolute Gasteiger partial charge is 0.481 e. The van der Waals surface area contributed by atoms with Crippen molar-refractivity contribution in [1.29, 1.82) is 0 Å². The number of carboxylic acid groups (broad SMARTS) is 1. The number of benzene rings is 3. The third-order valence-corrected chi connectivity index (χ3v) is 9.23.